The zero-order valence-electron chi connectivity index (χ0n) is 12.4. The molecule has 1 amide bonds. The minimum absolute atomic E-state index is 0.221. The summed E-state index contributed by atoms with van der Waals surface area (Å²) in [7, 11) is 0. The molecule has 3 N–H and O–H groups in total. The Balaban J connectivity index is 2.32. The van der Waals surface area contributed by atoms with Crippen molar-refractivity contribution in [2.75, 3.05) is 17.7 Å². The van der Waals surface area contributed by atoms with Gasteiger partial charge < -0.3 is 15.8 Å². The second kappa shape index (κ2) is 7.21. The Labute approximate surface area is 147 Å². The van der Waals surface area contributed by atoms with Crippen LogP contribution in [0.25, 0.3) is 0 Å². The molecule has 0 saturated carbocycles. The van der Waals surface area contributed by atoms with Gasteiger partial charge in [-0.15, -0.1) is 11.3 Å². The fourth-order valence-electron chi connectivity index (χ4n) is 1.99. The highest BCUT2D eigenvalue weighted by Gasteiger charge is 2.24. The van der Waals surface area contributed by atoms with Gasteiger partial charge in [-0.25, -0.2) is 4.79 Å². The Morgan fingerprint density at radius 3 is 2.70 bits per heavy atom. The monoisotopic (exact) mass is 372 g/mol. The Morgan fingerprint density at radius 1 is 1.35 bits per heavy atom. The normalized spacial score (nSPS) is 10.4. The largest absolute Gasteiger partial charge is 0.462 e. The van der Waals surface area contributed by atoms with Crippen molar-refractivity contribution in [3.63, 3.8) is 0 Å². The van der Waals surface area contributed by atoms with Gasteiger partial charge in [0.2, 0.25) is 0 Å². The molecule has 0 saturated heterocycles. The molecule has 0 aliphatic heterocycles. The molecular formula is C15H14Cl2N2O3S. The number of rotatable bonds is 4. The van der Waals surface area contributed by atoms with Crippen molar-refractivity contribution >= 4 is 57.1 Å². The van der Waals surface area contributed by atoms with Gasteiger partial charge in [0.25, 0.3) is 5.91 Å². The van der Waals surface area contributed by atoms with Crippen LogP contribution in [0.15, 0.2) is 18.2 Å². The average molecular weight is 373 g/mol. The lowest BCUT2D eigenvalue weighted by atomic mass is 10.1. The van der Waals surface area contributed by atoms with Crippen LogP contribution in [0.1, 0.15) is 32.5 Å². The first-order valence-electron chi connectivity index (χ1n) is 6.68. The van der Waals surface area contributed by atoms with Crippen LogP contribution in [-0.4, -0.2) is 18.5 Å². The number of esters is 1. The van der Waals surface area contributed by atoms with E-state index in [1.165, 1.54) is 0 Å². The molecule has 0 aliphatic rings. The van der Waals surface area contributed by atoms with Crippen LogP contribution in [0.3, 0.4) is 0 Å². The van der Waals surface area contributed by atoms with Crippen molar-refractivity contribution in [1.29, 1.82) is 0 Å². The van der Waals surface area contributed by atoms with Crippen LogP contribution in [-0.2, 0) is 4.74 Å². The maximum atomic E-state index is 12.4. The smallest absolute Gasteiger partial charge is 0.341 e. The fraction of sp³-hybridized carbons (Fsp3) is 0.200. The summed E-state index contributed by atoms with van der Waals surface area (Å²) in [5.74, 6) is -0.961. The molecule has 2 rings (SSSR count). The van der Waals surface area contributed by atoms with Gasteiger partial charge in [-0.05, 0) is 31.5 Å². The number of carbonyl (C=O) groups excluding carboxylic acids is 2. The van der Waals surface area contributed by atoms with Gasteiger partial charge in [0.05, 0.1) is 32.8 Å². The van der Waals surface area contributed by atoms with Gasteiger partial charge in [0.15, 0.2) is 0 Å². The van der Waals surface area contributed by atoms with Crippen LogP contribution in [0.4, 0.5) is 10.7 Å². The number of hydrogen-bond donors (Lipinski definition) is 2. The van der Waals surface area contributed by atoms with Crippen LogP contribution >= 0.6 is 34.5 Å². The third kappa shape index (κ3) is 3.60. The number of nitrogen functional groups attached to an aromatic ring is 1. The van der Waals surface area contributed by atoms with Gasteiger partial charge in [0.1, 0.15) is 5.00 Å². The van der Waals surface area contributed by atoms with Crippen LogP contribution < -0.4 is 11.1 Å². The number of nitrogens with one attached hydrogen (secondary N) is 1. The predicted molar refractivity (Wildman–Crippen MR) is 93.8 cm³/mol. The number of thiophene rings is 1. The number of benzene rings is 1. The number of amides is 1. The van der Waals surface area contributed by atoms with E-state index in [1.54, 1.807) is 32.0 Å². The summed E-state index contributed by atoms with van der Waals surface area (Å²) < 4.78 is 4.95. The van der Waals surface area contributed by atoms with E-state index in [-0.39, 0.29) is 22.2 Å². The van der Waals surface area contributed by atoms with E-state index in [0.29, 0.717) is 21.2 Å². The lowest BCUT2D eigenvalue weighted by Gasteiger charge is -2.08. The van der Waals surface area contributed by atoms with Crippen molar-refractivity contribution in [2.45, 2.75) is 13.8 Å². The zero-order valence-corrected chi connectivity index (χ0v) is 14.7. The molecule has 0 spiro atoms. The topological polar surface area (TPSA) is 81.4 Å². The van der Waals surface area contributed by atoms with Gasteiger partial charge in [0, 0.05) is 0 Å². The maximum absolute atomic E-state index is 12.4. The quantitative estimate of drug-likeness (QED) is 0.780. The molecule has 2 aromatic rings. The standard InChI is InChI=1S/C15H14Cl2N2O3S/c1-3-22-15(21)10-7(2)12(23-13(10)18)14(20)19-9-6-4-5-8(16)11(9)17/h4-6H,3,18H2,1-2H3,(H,19,20). The van der Waals surface area contributed by atoms with E-state index in [2.05, 4.69) is 5.32 Å². The van der Waals surface area contributed by atoms with Crippen molar-refractivity contribution in [3.8, 4) is 0 Å². The minimum atomic E-state index is -0.543. The summed E-state index contributed by atoms with van der Waals surface area (Å²) in [6.45, 7) is 3.57. The first-order chi connectivity index (χ1) is 10.9. The number of carbonyl (C=O) groups is 2. The summed E-state index contributed by atoms with van der Waals surface area (Å²) in [4.78, 5) is 24.7. The van der Waals surface area contributed by atoms with Crippen molar-refractivity contribution < 1.29 is 14.3 Å². The SMILES string of the molecule is CCOC(=O)c1c(N)sc(C(=O)Nc2cccc(Cl)c2Cl)c1C. The summed E-state index contributed by atoms with van der Waals surface area (Å²) in [5, 5.41) is 3.48. The minimum Gasteiger partial charge on any atom is -0.462 e. The van der Waals surface area contributed by atoms with E-state index < -0.39 is 11.9 Å². The number of anilines is 2. The fourth-order valence-corrected chi connectivity index (χ4v) is 3.29. The molecule has 122 valence electrons. The molecule has 0 atom stereocenters. The third-order valence-electron chi connectivity index (χ3n) is 3.06. The third-order valence-corrected chi connectivity index (χ3v) is 5.00. The predicted octanol–water partition coefficient (Wildman–Crippen LogP) is 4.37. The first-order valence-corrected chi connectivity index (χ1v) is 8.25. The summed E-state index contributed by atoms with van der Waals surface area (Å²) in [5.41, 5.74) is 6.93. The average Bonchev–Trinajstić information content (AvgIpc) is 2.79. The van der Waals surface area contributed by atoms with Gasteiger partial charge >= 0.3 is 5.97 Å². The molecule has 23 heavy (non-hydrogen) atoms. The molecule has 0 fully saturated rings. The Hall–Kier alpha value is -1.76. The Bertz CT molecular complexity index is 774. The molecule has 5 nitrogen and oxygen atoms in total. The molecule has 0 radical (unpaired) electrons. The Morgan fingerprint density at radius 2 is 2.04 bits per heavy atom. The molecule has 1 heterocycles. The first kappa shape index (κ1) is 17.6. The van der Waals surface area contributed by atoms with Gasteiger partial charge in [-0.1, -0.05) is 29.3 Å². The van der Waals surface area contributed by atoms with Crippen LogP contribution in [0.5, 0.6) is 0 Å². The van der Waals surface area contributed by atoms with E-state index in [9.17, 15) is 9.59 Å². The van der Waals surface area contributed by atoms with Gasteiger partial charge in [-0.3, -0.25) is 4.79 Å². The maximum Gasteiger partial charge on any atom is 0.341 e. The number of ether oxygens (including phenoxy) is 1. The van der Waals surface area contributed by atoms with E-state index in [4.69, 9.17) is 33.7 Å². The zero-order chi connectivity index (χ0) is 17.1. The summed E-state index contributed by atoms with van der Waals surface area (Å²) >= 11 is 13.0. The summed E-state index contributed by atoms with van der Waals surface area (Å²) in [6.07, 6.45) is 0. The molecule has 8 heteroatoms. The second-order valence-electron chi connectivity index (χ2n) is 4.57. The van der Waals surface area contributed by atoms with E-state index >= 15 is 0 Å². The molecule has 1 aromatic heterocycles. The van der Waals surface area contributed by atoms with Crippen LogP contribution in [0, 0.1) is 6.92 Å². The Kier molecular flexibility index (Phi) is 5.51. The number of halogens is 2. The highest BCUT2D eigenvalue weighted by molar-refractivity contribution is 7.18. The molecule has 1 aromatic carbocycles. The van der Waals surface area contributed by atoms with Crippen LogP contribution in [0.2, 0.25) is 10.0 Å². The van der Waals surface area contributed by atoms with E-state index in [0.717, 1.165) is 11.3 Å². The lowest BCUT2D eigenvalue weighted by molar-refractivity contribution is 0.0527. The van der Waals surface area contributed by atoms with E-state index in [1.807, 2.05) is 0 Å². The molecular weight excluding hydrogens is 359 g/mol. The molecule has 0 bridgehead atoms. The highest BCUT2D eigenvalue weighted by Crippen LogP contribution is 2.34. The van der Waals surface area contributed by atoms with Gasteiger partial charge in [-0.2, -0.15) is 0 Å². The number of nitrogens with two attached hydrogens (primary N) is 1. The van der Waals surface area contributed by atoms with Crippen molar-refractivity contribution in [2.24, 2.45) is 0 Å². The lowest BCUT2D eigenvalue weighted by Crippen LogP contribution is -2.13. The summed E-state index contributed by atoms with van der Waals surface area (Å²) in [6, 6.07) is 4.92. The second-order valence-corrected chi connectivity index (χ2v) is 6.41. The molecule has 0 unspecified atom stereocenters. The highest BCUT2D eigenvalue weighted by atomic mass is 35.5. The molecule has 0 aliphatic carbocycles. The number of hydrogen-bond acceptors (Lipinski definition) is 5. The van der Waals surface area contributed by atoms with Crippen molar-refractivity contribution in [1.82, 2.24) is 0 Å². The van der Waals surface area contributed by atoms with Crippen molar-refractivity contribution in [3.05, 3.63) is 44.2 Å².